The monoisotopic (exact) mass is 519 g/mol. The number of nitrogens with zero attached hydrogens (tertiary/aromatic N) is 4. The number of hydrogen-bond donors (Lipinski definition) is 3. The van der Waals surface area contributed by atoms with Crippen LogP contribution in [0.3, 0.4) is 0 Å². The zero-order valence-electron chi connectivity index (χ0n) is 20.6. The third-order valence-electron chi connectivity index (χ3n) is 5.97. The van der Waals surface area contributed by atoms with Gasteiger partial charge in [0.25, 0.3) is 0 Å². The number of nitrogens with one attached hydrogen (secondary N) is 2. The fraction of sp³-hybridized carbons (Fsp3) is 0.269. The van der Waals surface area contributed by atoms with E-state index in [4.69, 9.17) is 15.5 Å². The second kappa shape index (κ2) is 12.1. The Bertz CT molecular complexity index is 1290. The van der Waals surface area contributed by atoms with E-state index in [-0.39, 0.29) is 5.91 Å². The Kier molecular flexibility index (Phi) is 8.47. The zero-order valence-corrected chi connectivity index (χ0v) is 21.4. The number of imidazole rings is 1. The number of nitrogens with two attached hydrogens (primary N) is 1. The van der Waals surface area contributed by atoms with Gasteiger partial charge >= 0.3 is 6.09 Å². The molecule has 11 heteroatoms. The molecule has 192 valence electrons. The number of thiazole rings is 1. The van der Waals surface area contributed by atoms with Crippen molar-refractivity contribution in [1.29, 1.82) is 0 Å². The molecule has 3 heterocycles. The summed E-state index contributed by atoms with van der Waals surface area (Å²) in [6, 6.07) is 9.94. The maximum absolute atomic E-state index is 13.7. The number of anilines is 1. The highest BCUT2D eigenvalue weighted by atomic mass is 32.1. The lowest BCUT2D eigenvalue weighted by Gasteiger charge is -2.28. The Balaban J connectivity index is 1.59. The molecule has 0 saturated heterocycles. The summed E-state index contributed by atoms with van der Waals surface area (Å²) in [5.41, 5.74) is 10.1. The number of carbonyl (C=O) groups excluding carboxylic acids is 2. The van der Waals surface area contributed by atoms with Gasteiger partial charge in [0, 0.05) is 55.2 Å². The molecule has 0 aliphatic carbocycles. The first-order valence-corrected chi connectivity index (χ1v) is 12.6. The van der Waals surface area contributed by atoms with Crippen LogP contribution < -0.4 is 11.1 Å². The molecule has 0 aliphatic heterocycles. The molecule has 1 aromatic carbocycles. The van der Waals surface area contributed by atoms with Crippen molar-refractivity contribution in [2.45, 2.75) is 31.3 Å². The van der Waals surface area contributed by atoms with E-state index in [9.17, 15) is 9.59 Å². The van der Waals surface area contributed by atoms with Gasteiger partial charge in [-0.05, 0) is 41.8 Å². The second-order valence-corrected chi connectivity index (χ2v) is 9.53. The Morgan fingerprint density at radius 3 is 2.51 bits per heavy atom. The molecule has 4 aromatic rings. The number of methoxy groups -OCH3 is 1. The van der Waals surface area contributed by atoms with Crippen molar-refractivity contribution < 1.29 is 14.3 Å². The highest BCUT2D eigenvalue weighted by Crippen LogP contribution is 2.24. The number of aromatic amines is 1. The van der Waals surface area contributed by atoms with Crippen molar-refractivity contribution in [3.8, 4) is 0 Å². The van der Waals surface area contributed by atoms with Crippen molar-refractivity contribution in [2.75, 3.05) is 19.9 Å². The number of nitrogen functional groups attached to an aromatic ring is 1. The first-order valence-electron chi connectivity index (χ1n) is 11.7. The van der Waals surface area contributed by atoms with Gasteiger partial charge in [0.05, 0.1) is 30.2 Å². The number of amides is 2. The predicted molar refractivity (Wildman–Crippen MR) is 141 cm³/mol. The molecule has 0 radical (unpaired) electrons. The molecule has 2 atom stereocenters. The molecule has 0 aliphatic rings. The summed E-state index contributed by atoms with van der Waals surface area (Å²) < 4.78 is 4.89. The van der Waals surface area contributed by atoms with Crippen LogP contribution in [0.1, 0.15) is 33.6 Å². The lowest BCUT2D eigenvalue weighted by Crippen LogP contribution is -2.50. The molecule has 0 bridgehead atoms. The Hall–Kier alpha value is -4.25. The number of aromatic nitrogens is 4. The molecule has 4 N–H and O–H groups in total. The fourth-order valence-electron chi connectivity index (χ4n) is 3.92. The van der Waals surface area contributed by atoms with Crippen LogP contribution in [-0.2, 0) is 28.8 Å². The van der Waals surface area contributed by atoms with E-state index in [0.717, 1.165) is 27.5 Å². The summed E-state index contributed by atoms with van der Waals surface area (Å²) in [7, 11) is 2.85. The molecule has 4 rings (SSSR count). The standard InChI is InChI=1S/C26H29N7O3S/c1-33(26(35)36-2)23(12-18-7-9-28-10-8-18)25(34)32-21(11-17-3-5-19(27)6-4-17)22-15-37-24(31-22)13-20-14-29-16-30-20/h3-10,14-16,21,23H,11-13,27H2,1-2H3,(H,29,30)(H,32,34)/t21-,23-/m0/s1. The van der Waals surface area contributed by atoms with E-state index in [1.807, 2.05) is 41.8 Å². The van der Waals surface area contributed by atoms with E-state index >= 15 is 0 Å². The second-order valence-electron chi connectivity index (χ2n) is 8.58. The van der Waals surface area contributed by atoms with Crippen molar-refractivity contribution >= 4 is 29.0 Å². The smallest absolute Gasteiger partial charge is 0.409 e. The van der Waals surface area contributed by atoms with E-state index in [0.29, 0.717) is 24.9 Å². The van der Waals surface area contributed by atoms with Gasteiger partial charge in [0.1, 0.15) is 6.04 Å². The lowest BCUT2D eigenvalue weighted by molar-refractivity contribution is -0.126. The van der Waals surface area contributed by atoms with E-state index in [1.165, 1.54) is 23.3 Å². The number of H-pyrrole nitrogens is 1. The maximum Gasteiger partial charge on any atom is 0.409 e. The van der Waals surface area contributed by atoms with Gasteiger partial charge in [-0.25, -0.2) is 14.8 Å². The van der Waals surface area contributed by atoms with Crippen LogP contribution in [0.4, 0.5) is 10.5 Å². The summed E-state index contributed by atoms with van der Waals surface area (Å²) in [5, 5.41) is 5.99. The third-order valence-corrected chi connectivity index (χ3v) is 6.84. The molecule has 0 spiro atoms. The molecule has 3 aromatic heterocycles. The largest absolute Gasteiger partial charge is 0.453 e. The van der Waals surface area contributed by atoms with Crippen molar-refractivity contribution in [3.05, 3.63) is 94.2 Å². The Morgan fingerprint density at radius 2 is 1.84 bits per heavy atom. The molecule has 2 amide bonds. The topological polar surface area (TPSA) is 139 Å². The molecule has 0 fully saturated rings. The highest BCUT2D eigenvalue weighted by Gasteiger charge is 2.30. The average Bonchev–Trinajstić information content (AvgIpc) is 3.60. The summed E-state index contributed by atoms with van der Waals surface area (Å²) in [5.74, 6) is -0.312. The number of rotatable bonds is 10. The van der Waals surface area contributed by atoms with Crippen molar-refractivity contribution in [2.24, 2.45) is 0 Å². The van der Waals surface area contributed by atoms with Crippen LogP contribution in [-0.4, -0.2) is 57.0 Å². The number of benzene rings is 1. The Labute approximate surface area is 218 Å². The van der Waals surface area contributed by atoms with E-state index < -0.39 is 18.2 Å². The molecule has 0 saturated carbocycles. The minimum Gasteiger partial charge on any atom is -0.453 e. The number of carbonyl (C=O) groups is 2. The minimum atomic E-state index is -0.799. The number of ether oxygens (including phenoxy) is 1. The van der Waals surface area contributed by atoms with Crippen molar-refractivity contribution in [3.63, 3.8) is 0 Å². The van der Waals surface area contributed by atoms with Crippen LogP contribution in [0, 0.1) is 0 Å². The van der Waals surface area contributed by atoms with Gasteiger partial charge in [-0.3, -0.25) is 14.7 Å². The summed E-state index contributed by atoms with van der Waals surface area (Å²) >= 11 is 1.52. The maximum atomic E-state index is 13.7. The third kappa shape index (κ3) is 6.91. The fourth-order valence-corrected chi connectivity index (χ4v) is 4.79. The van der Waals surface area contributed by atoms with Gasteiger partial charge in [-0.2, -0.15) is 0 Å². The first-order chi connectivity index (χ1) is 17.9. The van der Waals surface area contributed by atoms with Gasteiger partial charge in [0.15, 0.2) is 0 Å². The number of hydrogen-bond acceptors (Lipinski definition) is 8. The van der Waals surface area contributed by atoms with Crippen LogP contribution in [0.5, 0.6) is 0 Å². The number of pyridine rings is 1. The van der Waals surface area contributed by atoms with E-state index in [1.54, 1.807) is 32.0 Å². The van der Waals surface area contributed by atoms with Gasteiger partial charge in [-0.1, -0.05) is 12.1 Å². The molecule has 0 unspecified atom stereocenters. The quantitative estimate of drug-likeness (QED) is 0.274. The zero-order chi connectivity index (χ0) is 26.2. The van der Waals surface area contributed by atoms with Crippen molar-refractivity contribution in [1.82, 2.24) is 30.2 Å². The van der Waals surface area contributed by atoms with Crippen LogP contribution in [0.15, 0.2) is 66.7 Å². The molecule has 37 heavy (non-hydrogen) atoms. The molecule has 10 nitrogen and oxygen atoms in total. The van der Waals surface area contributed by atoms with Gasteiger partial charge in [0.2, 0.25) is 5.91 Å². The summed E-state index contributed by atoms with van der Waals surface area (Å²) in [6.07, 6.45) is 7.53. The first kappa shape index (κ1) is 25.8. The summed E-state index contributed by atoms with van der Waals surface area (Å²) in [6.45, 7) is 0. The number of likely N-dealkylation sites (N-methyl/N-ethyl adjacent to an activating group) is 1. The Morgan fingerprint density at radius 1 is 1.11 bits per heavy atom. The summed E-state index contributed by atoms with van der Waals surface area (Å²) in [4.78, 5) is 43.3. The minimum absolute atomic E-state index is 0.302. The molecular formula is C26H29N7O3S. The van der Waals surface area contributed by atoms with Crippen LogP contribution in [0.25, 0.3) is 0 Å². The predicted octanol–water partition coefficient (Wildman–Crippen LogP) is 3.14. The van der Waals surface area contributed by atoms with Gasteiger partial charge in [-0.15, -0.1) is 11.3 Å². The van der Waals surface area contributed by atoms with Gasteiger partial charge < -0.3 is 20.8 Å². The highest BCUT2D eigenvalue weighted by molar-refractivity contribution is 7.09. The lowest BCUT2D eigenvalue weighted by atomic mass is 10.0. The van der Waals surface area contributed by atoms with Crippen LogP contribution >= 0.6 is 11.3 Å². The normalized spacial score (nSPS) is 12.5. The average molecular weight is 520 g/mol. The van der Waals surface area contributed by atoms with E-state index in [2.05, 4.69) is 20.3 Å². The molecular weight excluding hydrogens is 490 g/mol. The SMILES string of the molecule is COC(=O)N(C)[C@@H](Cc1ccncc1)C(=O)N[C@@H](Cc1ccc(N)cc1)c1csc(Cc2cnc[nH]2)n1. The van der Waals surface area contributed by atoms with Crippen LogP contribution in [0.2, 0.25) is 0 Å².